The standard InChI is InChI=1S/C16H23N3/c1-10-7-8-13(9-12(10)3)19-14-6-4-5-11(2)15(14)18-16(19)17/h4-6,10,12-13H,7-9H2,1-3H3,(H2,17,18). The molecule has 0 spiro atoms. The number of imidazole rings is 1. The number of hydrogen-bond acceptors (Lipinski definition) is 2. The number of hydrogen-bond donors (Lipinski definition) is 1. The van der Waals surface area contributed by atoms with Gasteiger partial charge < -0.3 is 10.3 Å². The largest absolute Gasteiger partial charge is 0.369 e. The zero-order valence-electron chi connectivity index (χ0n) is 12.1. The molecule has 1 fully saturated rings. The molecule has 0 bridgehead atoms. The van der Waals surface area contributed by atoms with Gasteiger partial charge in [0.2, 0.25) is 5.95 Å². The van der Waals surface area contributed by atoms with Crippen molar-refractivity contribution in [2.45, 2.75) is 46.1 Å². The van der Waals surface area contributed by atoms with Gasteiger partial charge in [-0.3, -0.25) is 0 Å². The Morgan fingerprint density at radius 3 is 2.74 bits per heavy atom. The minimum atomic E-state index is 0.512. The Kier molecular flexibility index (Phi) is 3.00. The summed E-state index contributed by atoms with van der Waals surface area (Å²) in [6.07, 6.45) is 3.72. The lowest BCUT2D eigenvalue weighted by molar-refractivity contribution is 0.215. The van der Waals surface area contributed by atoms with E-state index in [-0.39, 0.29) is 0 Å². The number of nitrogens with two attached hydrogens (primary N) is 1. The third-order valence-corrected chi connectivity index (χ3v) is 4.88. The van der Waals surface area contributed by atoms with E-state index in [2.05, 4.69) is 48.5 Å². The van der Waals surface area contributed by atoms with E-state index in [1.54, 1.807) is 0 Å². The van der Waals surface area contributed by atoms with Crippen molar-refractivity contribution in [3.05, 3.63) is 23.8 Å². The highest BCUT2D eigenvalue weighted by molar-refractivity contribution is 5.81. The van der Waals surface area contributed by atoms with Crippen LogP contribution >= 0.6 is 0 Å². The van der Waals surface area contributed by atoms with Gasteiger partial charge in [-0.15, -0.1) is 0 Å². The molecule has 3 rings (SSSR count). The average molecular weight is 257 g/mol. The number of rotatable bonds is 1. The molecule has 1 saturated carbocycles. The fourth-order valence-corrected chi connectivity index (χ4v) is 3.41. The quantitative estimate of drug-likeness (QED) is 0.841. The Balaban J connectivity index is 2.05. The van der Waals surface area contributed by atoms with Gasteiger partial charge in [0.25, 0.3) is 0 Å². The van der Waals surface area contributed by atoms with Gasteiger partial charge in [0.1, 0.15) is 0 Å². The lowest BCUT2D eigenvalue weighted by Crippen LogP contribution is -2.24. The fourth-order valence-electron chi connectivity index (χ4n) is 3.41. The Morgan fingerprint density at radius 2 is 2.00 bits per heavy atom. The smallest absolute Gasteiger partial charge is 0.201 e. The van der Waals surface area contributed by atoms with Gasteiger partial charge in [0.05, 0.1) is 11.0 Å². The van der Waals surface area contributed by atoms with Crippen LogP contribution in [0.15, 0.2) is 18.2 Å². The normalized spacial score (nSPS) is 27.8. The lowest BCUT2D eigenvalue weighted by atomic mass is 9.79. The number of para-hydroxylation sites is 1. The monoisotopic (exact) mass is 257 g/mol. The van der Waals surface area contributed by atoms with Crippen LogP contribution in [-0.4, -0.2) is 9.55 Å². The van der Waals surface area contributed by atoms with Gasteiger partial charge >= 0.3 is 0 Å². The van der Waals surface area contributed by atoms with Crippen LogP contribution in [0.1, 0.15) is 44.7 Å². The van der Waals surface area contributed by atoms with Gasteiger partial charge in [-0.1, -0.05) is 26.0 Å². The first-order valence-corrected chi connectivity index (χ1v) is 7.31. The van der Waals surface area contributed by atoms with Crippen molar-refractivity contribution >= 4 is 17.0 Å². The number of nitrogens with zero attached hydrogens (tertiary/aromatic N) is 2. The van der Waals surface area contributed by atoms with Crippen LogP contribution in [0.5, 0.6) is 0 Å². The Labute approximate surface area is 114 Å². The summed E-state index contributed by atoms with van der Waals surface area (Å²) in [6.45, 7) is 6.82. The van der Waals surface area contributed by atoms with Crippen LogP contribution < -0.4 is 5.73 Å². The number of nitrogen functional groups attached to an aromatic ring is 1. The van der Waals surface area contributed by atoms with E-state index < -0.39 is 0 Å². The molecule has 1 aromatic carbocycles. The maximum absolute atomic E-state index is 6.19. The highest BCUT2D eigenvalue weighted by Crippen LogP contribution is 2.39. The Morgan fingerprint density at radius 1 is 1.21 bits per heavy atom. The number of aryl methyl sites for hydroxylation is 1. The van der Waals surface area contributed by atoms with Crippen LogP contribution in [-0.2, 0) is 0 Å². The number of benzene rings is 1. The molecule has 102 valence electrons. The molecule has 3 unspecified atom stereocenters. The lowest BCUT2D eigenvalue weighted by Gasteiger charge is -2.33. The van der Waals surface area contributed by atoms with Crippen molar-refractivity contribution in [2.24, 2.45) is 11.8 Å². The zero-order chi connectivity index (χ0) is 13.6. The minimum Gasteiger partial charge on any atom is -0.369 e. The van der Waals surface area contributed by atoms with Crippen molar-refractivity contribution in [1.29, 1.82) is 0 Å². The molecule has 0 saturated heterocycles. The number of aromatic nitrogens is 2. The molecule has 1 aliphatic carbocycles. The second kappa shape index (κ2) is 4.55. The molecule has 2 aromatic rings. The third kappa shape index (κ3) is 2.01. The molecule has 2 N–H and O–H groups in total. The van der Waals surface area contributed by atoms with Crippen LogP contribution in [0.3, 0.4) is 0 Å². The molecule has 0 radical (unpaired) electrons. The second-order valence-electron chi connectivity index (χ2n) is 6.20. The number of fused-ring (bicyclic) bond motifs is 1. The van der Waals surface area contributed by atoms with E-state index >= 15 is 0 Å². The van der Waals surface area contributed by atoms with Crippen LogP contribution in [0, 0.1) is 18.8 Å². The molecular formula is C16H23N3. The molecule has 0 aliphatic heterocycles. The summed E-state index contributed by atoms with van der Waals surface area (Å²) < 4.78 is 2.27. The van der Waals surface area contributed by atoms with E-state index in [9.17, 15) is 0 Å². The first kappa shape index (κ1) is 12.5. The molecule has 1 aliphatic rings. The molecule has 1 aromatic heterocycles. The predicted molar refractivity (Wildman–Crippen MR) is 80.1 cm³/mol. The van der Waals surface area contributed by atoms with Crippen LogP contribution in [0.2, 0.25) is 0 Å². The Bertz CT molecular complexity index is 599. The van der Waals surface area contributed by atoms with Gasteiger partial charge in [-0.25, -0.2) is 4.98 Å². The van der Waals surface area contributed by atoms with Gasteiger partial charge in [0, 0.05) is 6.04 Å². The van der Waals surface area contributed by atoms with Crippen molar-refractivity contribution < 1.29 is 0 Å². The summed E-state index contributed by atoms with van der Waals surface area (Å²) in [4.78, 5) is 4.57. The van der Waals surface area contributed by atoms with Crippen LogP contribution in [0.25, 0.3) is 11.0 Å². The molecule has 3 nitrogen and oxygen atoms in total. The van der Waals surface area contributed by atoms with E-state index in [0.29, 0.717) is 12.0 Å². The molecular weight excluding hydrogens is 234 g/mol. The summed E-state index contributed by atoms with van der Waals surface area (Å²) in [5.74, 6) is 2.27. The summed E-state index contributed by atoms with van der Waals surface area (Å²) in [5, 5.41) is 0. The topological polar surface area (TPSA) is 43.8 Å². The third-order valence-electron chi connectivity index (χ3n) is 4.88. The molecule has 3 heteroatoms. The summed E-state index contributed by atoms with van der Waals surface area (Å²) in [5.41, 5.74) is 9.65. The van der Waals surface area contributed by atoms with E-state index in [0.717, 1.165) is 17.4 Å². The first-order chi connectivity index (χ1) is 9.08. The predicted octanol–water partition coefficient (Wildman–Crippen LogP) is 3.92. The van der Waals surface area contributed by atoms with Gasteiger partial charge in [-0.2, -0.15) is 0 Å². The van der Waals surface area contributed by atoms with Gasteiger partial charge in [-0.05, 0) is 49.7 Å². The summed E-state index contributed by atoms with van der Waals surface area (Å²) in [7, 11) is 0. The van der Waals surface area contributed by atoms with Crippen molar-refractivity contribution in [2.75, 3.05) is 5.73 Å². The SMILES string of the molecule is Cc1cccc2c1nc(N)n2C1CCC(C)C(C)C1. The van der Waals surface area contributed by atoms with E-state index in [4.69, 9.17) is 5.73 Å². The van der Waals surface area contributed by atoms with Crippen molar-refractivity contribution in [1.82, 2.24) is 9.55 Å². The van der Waals surface area contributed by atoms with Crippen LogP contribution in [0.4, 0.5) is 5.95 Å². The highest BCUT2D eigenvalue weighted by atomic mass is 15.2. The summed E-state index contributed by atoms with van der Waals surface area (Å²) in [6, 6.07) is 6.86. The second-order valence-corrected chi connectivity index (χ2v) is 6.20. The minimum absolute atomic E-state index is 0.512. The van der Waals surface area contributed by atoms with E-state index in [1.807, 2.05) is 0 Å². The van der Waals surface area contributed by atoms with Crippen molar-refractivity contribution in [3.8, 4) is 0 Å². The maximum atomic E-state index is 6.19. The molecule has 3 atom stereocenters. The first-order valence-electron chi connectivity index (χ1n) is 7.31. The summed E-state index contributed by atoms with van der Waals surface area (Å²) >= 11 is 0. The average Bonchev–Trinajstić information content (AvgIpc) is 2.71. The van der Waals surface area contributed by atoms with Crippen molar-refractivity contribution in [3.63, 3.8) is 0 Å². The molecule has 19 heavy (non-hydrogen) atoms. The Hall–Kier alpha value is -1.51. The number of anilines is 1. The van der Waals surface area contributed by atoms with Gasteiger partial charge in [0.15, 0.2) is 0 Å². The molecule has 0 amide bonds. The maximum Gasteiger partial charge on any atom is 0.201 e. The highest BCUT2D eigenvalue weighted by Gasteiger charge is 2.27. The van der Waals surface area contributed by atoms with E-state index in [1.165, 1.54) is 30.3 Å². The zero-order valence-corrected chi connectivity index (χ0v) is 12.1. The molecule has 1 heterocycles. The fraction of sp³-hybridized carbons (Fsp3) is 0.562.